The average molecular weight is 599 g/mol. The number of thiophene rings is 1. The zero-order valence-electron chi connectivity index (χ0n) is 23.3. The molecule has 1 heterocycles. The zero-order chi connectivity index (χ0) is 29.3. The zero-order valence-corrected chi connectivity index (χ0v) is 24.9. The van der Waals surface area contributed by atoms with Crippen molar-refractivity contribution in [2.75, 3.05) is 21.2 Å². The van der Waals surface area contributed by atoms with Crippen LogP contribution in [0.15, 0.2) is 54.6 Å². The minimum absolute atomic E-state index is 0.0324. The SMILES string of the molecule is COc1ccc(-c2ccc(CO)cc2)cc1CN(C(=O)c1sc2c(F)ccc(F)c2c1Cl)C1CCC(N(C)C)CC1. The van der Waals surface area contributed by atoms with Gasteiger partial charge in [0, 0.05) is 24.2 Å². The van der Waals surface area contributed by atoms with Gasteiger partial charge in [-0.15, -0.1) is 11.3 Å². The van der Waals surface area contributed by atoms with E-state index in [0.29, 0.717) is 11.8 Å². The molecule has 9 heteroatoms. The van der Waals surface area contributed by atoms with Crippen molar-refractivity contribution in [2.24, 2.45) is 0 Å². The Hall–Kier alpha value is -3.04. The van der Waals surface area contributed by atoms with Gasteiger partial charge in [0.05, 0.1) is 28.8 Å². The molecule has 1 amide bonds. The van der Waals surface area contributed by atoms with Crippen LogP contribution in [0, 0.1) is 11.6 Å². The fraction of sp³-hybridized carbons (Fsp3) is 0.344. The Balaban J connectivity index is 1.54. The molecule has 1 aromatic heterocycles. The lowest BCUT2D eigenvalue weighted by Gasteiger charge is -2.39. The number of aliphatic hydroxyl groups excluding tert-OH is 1. The highest BCUT2D eigenvalue weighted by Gasteiger charge is 2.33. The van der Waals surface area contributed by atoms with E-state index in [0.717, 1.165) is 71.4 Å². The number of nitrogens with zero attached hydrogens (tertiary/aromatic N) is 2. The molecule has 0 radical (unpaired) electrons. The molecule has 0 unspecified atom stereocenters. The van der Waals surface area contributed by atoms with Gasteiger partial charge < -0.3 is 19.6 Å². The molecule has 1 N–H and O–H groups in total. The molecule has 0 spiro atoms. The second kappa shape index (κ2) is 12.4. The molecule has 0 aliphatic heterocycles. The highest BCUT2D eigenvalue weighted by molar-refractivity contribution is 7.21. The van der Waals surface area contributed by atoms with Crippen molar-refractivity contribution in [3.63, 3.8) is 0 Å². The number of halogens is 3. The van der Waals surface area contributed by atoms with Crippen LogP contribution in [-0.4, -0.2) is 54.1 Å². The molecular weight excluding hydrogens is 566 g/mol. The summed E-state index contributed by atoms with van der Waals surface area (Å²) >= 11 is 7.47. The standard InChI is InChI=1S/C32H33ClF2N2O3S/c1-36(2)23-9-11-24(12-10-23)37(32(39)31-29(33)28-25(34)13-14-26(35)30(28)41-31)17-22-16-21(8-15-27(22)40-3)20-6-4-19(18-38)5-7-20/h4-8,13-16,23-24,38H,9-12,17-18H2,1-3H3. The minimum atomic E-state index is -0.652. The monoisotopic (exact) mass is 598 g/mol. The van der Waals surface area contributed by atoms with Gasteiger partial charge in [0.25, 0.3) is 5.91 Å². The van der Waals surface area contributed by atoms with Gasteiger partial charge >= 0.3 is 0 Å². The fourth-order valence-corrected chi connectivity index (χ4v) is 7.19. The number of methoxy groups -OCH3 is 1. The first-order valence-electron chi connectivity index (χ1n) is 13.6. The predicted molar refractivity (Wildman–Crippen MR) is 161 cm³/mol. The number of aliphatic hydroxyl groups is 1. The van der Waals surface area contributed by atoms with Gasteiger partial charge in [0.15, 0.2) is 0 Å². The first-order chi connectivity index (χ1) is 19.7. The number of ether oxygens (including phenoxy) is 1. The van der Waals surface area contributed by atoms with Gasteiger partial charge in [-0.25, -0.2) is 8.78 Å². The first-order valence-corrected chi connectivity index (χ1v) is 14.8. The topological polar surface area (TPSA) is 53.0 Å². The molecule has 0 bridgehead atoms. The fourth-order valence-electron chi connectivity index (χ4n) is 5.69. The van der Waals surface area contributed by atoms with Crippen molar-refractivity contribution >= 4 is 38.9 Å². The van der Waals surface area contributed by atoms with Crippen LogP contribution in [0.3, 0.4) is 0 Å². The maximum absolute atomic E-state index is 14.7. The summed E-state index contributed by atoms with van der Waals surface area (Å²) in [7, 11) is 5.73. The van der Waals surface area contributed by atoms with E-state index in [4.69, 9.17) is 16.3 Å². The molecule has 5 rings (SSSR count). The summed E-state index contributed by atoms with van der Waals surface area (Å²) in [5, 5.41) is 9.31. The molecule has 41 heavy (non-hydrogen) atoms. The van der Waals surface area contributed by atoms with E-state index in [1.807, 2.05) is 42.5 Å². The van der Waals surface area contributed by atoms with E-state index in [2.05, 4.69) is 19.0 Å². The molecule has 0 saturated heterocycles. The number of carbonyl (C=O) groups is 1. The molecular formula is C32H33ClF2N2O3S. The number of amides is 1. The summed E-state index contributed by atoms with van der Waals surface area (Å²) in [5.74, 6) is -0.962. The molecule has 4 aromatic rings. The summed E-state index contributed by atoms with van der Waals surface area (Å²) in [4.78, 5) is 18.4. The number of benzene rings is 3. The lowest BCUT2D eigenvalue weighted by Crippen LogP contribution is -2.44. The van der Waals surface area contributed by atoms with Crippen LogP contribution in [0.4, 0.5) is 8.78 Å². The summed E-state index contributed by atoms with van der Waals surface area (Å²) in [5.41, 5.74) is 3.54. The number of rotatable bonds is 8. The lowest BCUT2D eigenvalue weighted by atomic mass is 9.89. The van der Waals surface area contributed by atoms with Crippen LogP contribution in [-0.2, 0) is 13.2 Å². The summed E-state index contributed by atoms with van der Waals surface area (Å²) < 4.78 is 35.0. The first kappa shape index (κ1) is 29.5. The van der Waals surface area contributed by atoms with Crippen molar-refractivity contribution in [1.29, 1.82) is 0 Å². The van der Waals surface area contributed by atoms with Crippen LogP contribution in [0.1, 0.15) is 46.5 Å². The third-order valence-corrected chi connectivity index (χ3v) is 9.74. The molecule has 1 fully saturated rings. The Labute approximate surface area is 247 Å². The van der Waals surface area contributed by atoms with Crippen molar-refractivity contribution in [3.8, 4) is 16.9 Å². The molecule has 3 aromatic carbocycles. The van der Waals surface area contributed by atoms with E-state index >= 15 is 0 Å². The molecule has 5 nitrogen and oxygen atoms in total. The second-order valence-electron chi connectivity index (χ2n) is 10.7. The van der Waals surface area contributed by atoms with E-state index in [1.54, 1.807) is 12.0 Å². The Morgan fingerprint density at radius 3 is 2.22 bits per heavy atom. The maximum Gasteiger partial charge on any atom is 0.266 e. The van der Waals surface area contributed by atoms with E-state index in [9.17, 15) is 18.7 Å². The average Bonchev–Trinajstić information content (AvgIpc) is 3.35. The third-order valence-electron chi connectivity index (χ3n) is 8.07. The van der Waals surface area contributed by atoms with Crippen LogP contribution >= 0.6 is 22.9 Å². The Bertz CT molecular complexity index is 1550. The summed E-state index contributed by atoms with van der Waals surface area (Å²) in [6.07, 6.45) is 3.45. The van der Waals surface area contributed by atoms with Gasteiger partial charge in [-0.2, -0.15) is 0 Å². The Morgan fingerprint density at radius 1 is 0.976 bits per heavy atom. The number of hydrogen-bond acceptors (Lipinski definition) is 5. The van der Waals surface area contributed by atoms with Crippen molar-refractivity contribution in [2.45, 2.75) is 50.9 Å². The van der Waals surface area contributed by atoms with Gasteiger partial charge in [-0.3, -0.25) is 4.79 Å². The second-order valence-corrected chi connectivity index (χ2v) is 12.1. The third kappa shape index (κ3) is 5.97. The lowest BCUT2D eigenvalue weighted by molar-refractivity contribution is 0.0573. The van der Waals surface area contributed by atoms with Gasteiger partial charge in [0.2, 0.25) is 0 Å². The molecule has 1 aliphatic rings. The van der Waals surface area contributed by atoms with Crippen LogP contribution < -0.4 is 4.74 Å². The summed E-state index contributed by atoms with van der Waals surface area (Å²) in [6.45, 7) is 0.215. The predicted octanol–water partition coefficient (Wildman–Crippen LogP) is 7.52. The van der Waals surface area contributed by atoms with Crippen molar-refractivity contribution in [1.82, 2.24) is 9.80 Å². The van der Waals surface area contributed by atoms with Crippen LogP contribution in [0.2, 0.25) is 5.02 Å². The van der Waals surface area contributed by atoms with E-state index in [-0.39, 0.29) is 45.1 Å². The van der Waals surface area contributed by atoms with Crippen molar-refractivity contribution in [3.05, 3.63) is 87.3 Å². The number of hydrogen-bond donors (Lipinski definition) is 1. The van der Waals surface area contributed by atoms with Crippen LogP contribution in [0.5, 0.6) is 5.75 Å². The molecule has 0 atom stereocenters. The maximum atomic E-state index is 14.7. The summed E-state index contributed by atoms with van der Waals surface area (Å²) in [6, 6.07) is 15.9. The highest BCUT2D eigenvalue weighted by atomic mass is 35.5. The minimum Gasteiger partial charge on any atom is -0.496 e. The van der Waals surface area contributed by atoms with Crippen LogP contribution in [0.25, 0.3) is 21.2 Å². The Kier molecular flexibility index (Phi) is 8.94. The smallest absolute Gasteiger partial charge is 0.266 e. The normalized spacial score (nSPS) is 17.3. The van der Waals surface area contributed by atoms with Gasteiger partial charge in [0.1, 0.15) is 22.3 Å². The largest absolute Gasteiger partial charge is 0.496 e. The Morgan fingerprint density at radius 2 is 1.61 bits per heavy atom. The highest BCUT2D eigenvalue weighted by Crippen LogP contribution is 2.41. The molecule has 1 aliphatic carbocycles. The van der Waals surface area contributed by atoms with Crippen molar-refractivity contribution < 1.29 is 23.4 Å². The molecule has 216 valence electrons. The van der Waals surface area contributed by atoms with Gasteiger partial charge in [-0.05, 0) is 80.7 Å². The van der Waals surface area contributed by atoms with Gasteiger partial charge in [-0.1, -0.05) is 41.9 Å². The van der Waals surface area contributed by atoms with E-state index < -0.39 is 11.6 Å². The molecule has 1 saturated carbocycles. The number of fused-ring (bicyclic) bond motifs is 1. The number of carbonyl (C=O) groups excluding carboxylic acids is 1. The van der Waals surface area contributed by atoms with E-state index in [1.165, 1.54) is 0 Å². The quantitative estimate of drug-likeness (QED) is 0.228.